The Balaban J connectivity index is 2.00. The molecule has 1 aromatic rings. The highest BCUT2D eigenvalue weighted by Crippen LogP contribution is 2.27. The summed E-state index contributed by atoms with van der Waals surface area (Å²) in [6, 6.07) is 1.49. The van der Waals surface area contributed by atoms with Crippen LogP contribution in [0, 0.1) is 11.7 Å². The average molecular weight is 301 g/mol. The topological polar surface area (TPSA) is 16.1 Å². The Bertz CT molecular complexity index is 376. The van der Waals surface area contributed by atoms with E-state index in [2.05, 4.69) is 32.7 Å². The van der Waals surface area contributed by atoms with Gasteiger partial charge in [-0.25, -0.2) is 9.37 Å². The van der Waals surface area contributed by atoms with Gasteiger partial charge in [-0.15, -0.1) is 0 Å². The lowest BCUT2D eigenvalue weighted by Crippen LogP contribution is -2.34. The molecule has 0 atom stereocenters. The molecule has 94 valence electrons. The highest BCUT2D eigenvalue weighted by Gasteiger charge is 2.21. The molecule has 2 rings (SSSR count). The highest BCUT2D eigenvalue weighted by atomic mass is 79.9. The molecule has 2 heterocycles. The molecule has 1 aromatic heterocycles. The molecule has 1 saturated heterocycles. The molecule has 2 nitrogen and oxygen atoms in total. The van der Waals surface area contributed by atoms with E-state index in [9.17, 15) is 4.39 Å². The van der Waals surface area contributed by atoms with Crippen LogP contribution in [0.25, 0.3) is 0 Å². The second-order valence-corrected chi connectivity index (χ2v) is 5.59. The zero-order chi connectivity index (χ0) is 12.3. The van der Waals surface area contributed by atoms with Crippen LogP contribution in [-0.4, -0.2) is 18.1 Å². The van der Waals surface area contributed by atoms with Gasteiger partial charge in [0.2, 0.25) is 0 Å². The van der Waals surface area contributed by atoms with Crippen LogP contribution in [0.3, 0.4) is 0 Å². The van der Waals surface area contributed by atoms with Gasteiger partial charge in [0.15, 0.2) is 11.6 Å². The first-order valence-electron chi connectivity index (χ1n) is 6.26. The Kier molecular flexibility index (Phi) is 4.37. The van der Waals surface area contributed by atoms with Crippen molar-refractivity contribution in [2.24, 2.45) is 5.92 Å². The van der Waals surface area contributed by atoms with Crippen molar-refractivity contribution in [1.29, 1.82) is 0 Å². The summed E-state index contributed by atoms with van der Waals surface area (Å²) < 4.78 is 14.4. The van der Waals surface area contributed by atoms with Crippen LogP contribution in [0.4, 0.5) is 10.2 Å². The number of hydrogen-bond acceptors (Lipinski definition) is 2. The van der Waals surface area contributed by atoms with E-state index in [1.807, 2.05) is 0 Å². The SMILES string of the molecule is CCCC1CCN(c2ncc(Br)cc2F)CC1. The Morgan fingerprint density at radius 3 is 2.76 bits per heavy atom. The summed E-state index contributed by atoms with van der Waals surface area (Å²) >= 11 is 3.23. The quantitative estimate of drug-likeness (QED) is 0.839. The number of hydrogen-bond donors (Lipinski definition) is 0. The second kappa shape index (κ2) is 5.80. The number of aromatic nitrogens is 1. The van der Waals surface area contributed by atoms with E-state index >= 15 is 0 Å². The van der Waals surface area contributed by atoms with E-state index in [1.54, 1.807) is 6.20 Å². The van der Waals surface area contributed by atoms with Crippen LogP contribution in [0.2, 0.25) is 0 Å². The Hall–Kier alpha value is -0.640. The predicted octanol–water partition coefficient (Wildman–Crippen LogP) is 4.00. The lowest BCUT2D eigenvalue weighted by Gasteiger charge is -2.32. The van der Waals surface area contributed by atoms with Gasteiger partial charge in [0.1, 0.15) is 0 Å². The molecule has 0 spiro atoms. The van der Waals surface area contributed by atoms with E-state index < -0.39 is 0 Å². The third kappa shape index (κ3) is 3.18. The summed E-state index contributed by atoms with van der Waals surface area (Å²) in [4.78, 5) is 6.24. The van der Waals surface area contributed by atoms with Crippen molar-refractivity contribution in [1.82, 2.24) is 4.98 Å². The monoisotopic (exact) mass is 300 g/mol. The first-order valence-corrected chi connectivity index (χ1v) is 7.06. The smallest absolute Gasteiger partial charge is 0.166 e. The van der Waals surface area contributed by atoms with Crippen LogP contribution in [0.15, 0.2) is 16.7 Å². The second-order valence-electron chi connectivity index (χ2n) is 4.68. The first kappa shape index (κ1) is 12.8. The van der Waals surface area contributed by atoms with Crippen LogP contribution in [-0.2, 0) is 0 Å². The van der Waals surface area contributed by atoms with Crippen molar-refractivity contribution in [2.45, 2.75) is 32.6 Å². The van der Waals surface area contributed by atoms with Gasteiger partial charge in [0.05, 0.1) is 0 Å². The molecule has 0 amide bonds. The highest BCUT2D eigenvalue weighted by molar-refractivity contribution is 9.10. The van der Waals surface area contributed by atoms with Crippen LogP contribution < -0.4 is 4.90 Å². The van der Waals surface area contributed by atoms with Crippen LogP contribution in [0.5, 0.6) is 0 Å². The summed E-state index contributed by atoms with van der Waals surface area (Å²) in [5, 5.41) is 0. The summed E-state index contributed by atoms with van der Waals surface area (Å²) in [7, 11) is 0. The molecule has 1 aliphatic rings. The maximum absolute atomic E-state index is 13.7. The van der Waals surface area contributed by atoms with E-state index in [0.29, 0.717) is 10.3 Å². The number of halogens is 2. The van der Waals surface area contributed by atoms with Gasteiger partial charge >= 0.3 is 0 Å². The molecular weight excluding hydrogens is 283 g/mol. The third-order valence-corrected chi connectivity index (χ3v) is 3.83. The molecule has 0 N–H and O–H groups in total. The largest absolute Gasteiger partial charge is 0.354 e. The molecule has 0 aromatic carbocycles. The first-order chi connectivity index (χ1) is 8.20. The lowest BCUT2D eigenvalue weighted by atomic mass is 9.92. The predicted molar refractivity (Wildman–Crippen MR) is 71.7 cm³/mol. The van der Waals surface area contributed by atoms with E-state index in [-0.39, 0.29) is 5.82 Å². The summed E-state index contributed by atoms with van der Waals surface area (Å²) in [6.07, 6.45) is 6.52. The zero-order valence-corrected chi connectivity index (χ0v) is 11.7. The maximum atomic E-state index is 13.7. The zero-order valence-electron chi connectivity index (χ0n) is 10.1. The number of nitrogens with zero attached hydrogens (tertiary/aromatic N) is 2. The van der Waals surface area contributed by atoms with Gasteiger partial charge in [0, 0.05) is 23.8 Å². The van der Waals surface area contributed by atoms with Gasteiger partial charge in [-0.3, -0.25) is 0 Å². The fourth-order valence-electron chi connectivity index (χ4n) is 2.48. The molecule has 1 fully saturated rings. The molecule has 17 heavy (non-hydrogen) atoms. The standard InChI is InChI=1S/C13H18BrFN2/c1-2-3-10-4-6-17(7-5-10)13-12(15)8-11(14)9-16-13/h8-10H,2-7H2,1H3. The van der Waals surface area contributed by atoms with E-state index in [4.69, 9.17) is 0 Å². The minimum atomic E-state index is -0.228. The minimum absolute atomic E-state index is 0.228. The molecule has 0 saturated carbocycles. The normalized spacial score (nSPS) is 17.5. The molecule has 0 bridgehead atoms. The number of piperidine rings is 1. The molecule has 4 heteroatoms. The van der Waals surface area contributed by atoms with Gasteiger partial charge < -0.3 is 4.90 Å². The summed E-state index contributed by atoms with van der Waals surface area (Å²) in [6.45, 7) is 4.08. The molecule has 1 aliphatic heterocycles. The van der Waals surface area contributed by atoms with Crippen molar-refractivity contribution in [3.05, 3.63) is 22.6 Å². The molecule has 0 unspecified atom stereocenters. The van der Waals surface area contributed by atoms with Gasteiger partial charge in [-0.05, 0) is 40.8 Å². The number of anilines is 1. The van der Waals surface area contributed by atoms with Crippen LogP contribution in [0.1, 0.15) is 32.6 Å². The van der Waals surface area contributed by atoms with Crippen molar-refractivity contribution >= 4 is 21.7 Å². The van der Waals surface area contributed by atoms with Gasteiger partial charge in [0.25, 0.3) is 0 Å². The average Bonchev–Trinajstić information content (AvgIpc) is 2.31. The molecule has 0 radical (unpaired) electrons. The maximum Gasteiger partial charge on any atom is 0.166 e. The third-order valence-electron chi connectivity index (χ3n) is 3.40. The van der Waals surface area contributed by atoms with Crippen LogP contribution >= 0.6 is 15.9 Å². The van der Waals surface area contributed by atoms with Gasteiger partial charge in [-0.2, -0.15) is 0 Å². The van der Waals surface area contributed by atoms with Crippen molar-refractivity contribution in [2.75, 3.05) is 18.0 Å². The fourth-order valence-corrected chi connectivity index (χ4v) is 2.79. The number of rotatable bonds is 3. The Morgan fingerprint density at radius 1 is 1.47 bits per heavy atom. The van der Waals surface area contributed by atoms with E-state index in [0.717, 1.165) is 31.8 Å². The molecule has 0 aliphatic carbocycles. The Labute approximate surface area is 110 Å². The lowest BCUT2D eigenvalue weighted by molar-refractivity contribution is 0.375. The minimum Gasteiger partial charge on any atom is -0.354 e. The Morgan fingerprint density at radius 2 is 2.18 bits per heavy atom. The van der Waals surface area contributed by atoms with Crippen molar-refractivity contribution in [3.63, 3.8) is 0 Å². The van der Waals surface area contributed by atoms with Crippen molar-refractivity contribution in [3.8, 4) is 0 Å². The summed E-state index contributed by atoms with van der Waals surface area (Å²) in [5.41, 5.74) is 0. The summed E-state index contributed by atoms with van der Waals surface area (Å²) in [5.74, 6) is 1.09. The number of pyridine rings is 1. The van der Waals surface area contributed by atoms with Crippen molar-refractivity contribution < 1.29 is 4.39 Å². The fraction of sp³-hybridized carbons (Fsp3) is 0.615. The molecular formula is C13H18BrFN2. The van der Waals surface area contributed by atoms with E-state index in [1.165, 1.54) is 18.9 Å². The van der Waals surface area contributed by atoms with Gasteiger partial charge in [-0.1, -0.05) is 19.8 Å².